The van der Waals surface area contributed by atoms with Crippen LogP contribution in [0.2, 0.25) is 0 Å². The van der Waals surface area contributed by atoms with Crippen LogP contribution in [0.1, 0.15) is 25.1 Å². The highest BCUT2D eigenvalue weighted by Crippen LogP contribution is 1.98. The first-order valence-electron chi connectivity index (χ1n) is 6.22. The number of nitrogens with one attached hydrogen (secondary N) is 1. The van der Waals surface area contributed by atoms with Crippen molar-refractivity contribution in [3.05, 3.63) is 0 Å². The van der Waals surface area contributed by atoms with Crippen LogP contribution in [0.4, 0.5) is 0 Å². The molecule has 0 saturated carbocycles. The third kappa shape index (κ3) is 1.45. The van der Waals surface area contributed by atoms with E-state index in [0.29, 0.717) is 0 Å². The van der Waals surface area contributed by atoms with Gasteiger partial charge in [-0.1, -0.05) is 0 Å². The molecule has 0 amide bonds. The molecular weight excluding hydrogens is 90.1 g/mol. The molecule has 0 aliphatic carbocycles. The minimum Gasteiger partial charge on any atom is -0.392 e. The first-order chi connectivity index (χ1) is 6.71. The lowest BCUT2D eigenvalue weighted by molar-refractivity contribution is 0.142. The van der Waals surface area contributed by atoms with Gasteiger partial charge in [-0.3, -0.25) is 0 Å². The van der Waals surface area contributed by atoms with E-state index in [1.165, 1.54) is 5.32 Å². The second-order valence-corrected chi connectivity index (χ2v) is 0.974. The molecule has 0 aromatic heterocycles. The lowest BCUT2D eigenvalue weighted by atomic mass is 10.1. The molecule has 1 aliphatic heterocycles. The summed E-state index contributed by atoms with van der Waals surface area (Å²) in [5.41, 5.74) is 0. The maximum absolute atomic E-state index is 9.45. The van der Waals surface area contributed by atoms with Crippen molar-refractivity contribution < 1.29 is 17.4 Å². The Balaban J connectivity index is 3.43. The fourth-order valence-corrected chi connectivity index (χ4v) is 0.243. The molecule has 2 heteroatoms. The highest BCUT2D eigenvalue weighted by atomic mass is 16.3. The molecule has 2 nitrogen and oxygen atoms in total. The van der Waals surface area contributed by atoms with Crippen molar-refractivity contribution in [2.75, 3.05) is 13.0 Å². The van der Waals surface area contributed by atoms with Gasteiger partial charge in [0.25, 0.3) is 0 Å². The van der Waals surface area contributed by atoms with E-state index in [1.807, 2.05) is 0 Å². The summed E-state index contributed by atoms with van der Waals surface area (Å²) in [5, 5.41) is 10.9. The lowest BCUT2D eigenvalue weighted by Crippen LogP contribution is -2.33. The summed E-state index contributed by atoms with van der Waals surface area (Å²) in [7, 11) is 0. The number of piperidine rings is 1. The SMILES string of the molecule is [2H]C1([2H])NC([2H])([2H])C([2H])(O)C([2H])([2H])C1([2H])[2H]. The Morgan fingerprint density at radius 3 is 3.71 bits per heavy atom. The summed E-state index contributed by atoms with van der Waals surface area (Å²) in [6, 6.07) is 0. The topological polar surface area (TPSA) is 32.3 Å². The molecule has 0 aromatic rings. The van der Waals surface area contributed by atoms with Crippen molar-refractivity contribution in [3.8, 4) is 0 Å². The lowest BCUT2D eigenvalue weighted by Gasteiger charge is -2.16. The average Bonchev–Trinajstić information content (AvgIpc) is 1.98. The third-order valence-corrected chi connectivity index (χ3v) is 0.487. The Morgan fingerprint density at radius 1 is 2.00 bits per heavy atom. The molecule has 1 unspecified atom stereocenters. The van der Waals surface area contributed by atoms with Crippen molar-refractivity contribution in [1.29, 1.82) is 0 Å². The Bertz CT molecular complexity index is 283. The van der Waals surface area contributed by atoms with Crippen LogP contribution in [0, 0.1) is 0 Å². The van der Waals surface area contributed by atoms with E-state index >= 15 is 0 Å². The zero-order valence-corrected chi connectivity index (χ0v) is 3.45. The summed E-state index contributed by atoms with van der Waals surface area (Å²) >= 11 is 0. The van der Waals surface area contributed by atoms with Crippen LogP contribution in [0.5, 0.6) is 0 Å². The molecular formula is C5H11NO. The molecule has 42 valence electrons. The smallest absolute Gasteiger partial charge is 0.0665 e. The summed E-state index contributed by atoms with van der Waals surface area (Å²) < 4.78 is 65.1. The van der Waals surface area contributed by atoms with Gasteiger partial charge in [0.2, 0.25) is 0 Å². The van der Waals surface area contributed by atoms with Gasteiger partial charge in [0.05, 0.1) is 7.45 Å². The van der Waals surface area contributed by atoms with E-state index in [-0.39, 0.29) is 0 Å². The van der Waals surface area contributed by atoms with Gasteiger partial charge in [-0.2, -0.15) is 0 Å². The van der Waals surface area contributed by atoms with Crippen LogP contribution >= 0.6 is 0 Å². The predicted octanol–water partition coefficient (Wildman–Crippen LogP) is -0.269. The van der Waals surface area contributed by atoms with E-state index in [2.05, 4.69) is 0 Å². The number of β-amino-alcohol motifs (C(OH)–C–C–N with tert-alkyl or cyclic N) is 1. The van der Waals surface area contributed by atoms with Crippen molar-refractivity contribution in [1.82, 2.24) is 5.32 Å². The summed E-state index contributed by atoms with van der Waals surface area (Å²) in [4.78, 5) is 0. The molecule has 1 atom stereocenters. The number of hydrogen-bond acceptors (Lipinski definition) is 2. The zero-order valence-electron chi connectivity index (χ0n) is 12.4. The fourth-order valence-electron chi connectivity index (χ4n) is 0.243. The number of hydrogen-bond donors (Lipinski definition) is 2. The average molecular weight is 110 g/mol. The van der Waals surface area contributed by atoms with Crippen molar-refractivity contribution >= 4 is 0 Å². The quantitative estimate of drug-likeness (QED) is 0.450. The summed E-state index contributed by atoms with van der Waals surface area (Å²) in [5.74, 6) is 0. The first-order valence-corrected chi connectivity index (χ1v) is 1.72. The molecule has 0 bridgehead atoms. The molecule has 0 spiro atoms. The molecule has 1 fully saturated rings. The van der Waals surface area contributed by atoms with Gasteiger partial charge in [0, 0.05) is 17.5 Å². The minimum absolute atomic E-state index is 1.48. The number of rotatable bonds is 0. The molecule has 1 heterocycles. The summed E-state index contributed by atoms with van der Waals surface area (Å²) in [6.45, 7) is -6.17. The molecule has 1 saturated heterocycles. The van der Waals surface area contributed by atoms with Gasteiger partial charge in [0.1, 0.15) is 0 Å². The monoisotopic (exact) mass is 110 g/mol. The molecule has 7 heavy (non-hydrogen) atoms. The Kier molecular flexibility index (Phi) is 0.312. The molecule has 1 rings (SSSR count). The van der Waals surface area contributed by atoms with Crippen LogP contribution < -0.4 is 5.32 Å². The van der Waals surface area contributed by atoms with Crippen LogP contribution in [0.25, 0.3) is 0 Å². The van der Waals surface area contributed by atoms with Gasteiger partial charge in [-0.05, 0) is 19.2 Å². The Morgan fingerprint density at radius 2 is 2.86 bits per heavy atom. The van der Waals surface area contributed by atoms with Crippen LogP contribution in [-0.4, -0.2) is 24.2 Å². The highest BCUT2D eigenvalue weighted by molar-refractivity contribution is 4.65. The molecule has 1 aliphatic rings. The van der Waals surface area contributed by atoms with Crippen molar-refractivity contribution in [2.24, 2.45) is 0 Å². The standard InChI is InChI=1S/C5H11NO/c7-5-2-1-3-6-4-5/h5-7H,1-4H2/i1D2,2D2,3D2,4D2,5D. The first kappa shape index (κ1) is 0.957. The van der Waals surface area contributed by atoms with Gasteiger partial charge in [0.15, 0.2) is 0 Å². The Hall–Kier alpha value is -0.0800. The second kappa shape index (κ2) is 2.28. The minimum atomic E-state index is -3.45. The van der Waals surface area contributed by atoms with E-state index in [0.717, 1.165) is 0 Å². The maximum Gasteiger partial charge on any atom is 0.0665 e. The second-order valence-electron chi connectivity index (χ2n) is 0.974. The van der Waals surface area contributed by atoms with Crippen LogP contribution in [0.3, 0.4) is 0 Å². The molecule has 0 radical (unpaired) electrons. The van der Waals surface area contributed by atoms with E-state index < -0.39 is 31.8 Å². The normalized spacial score (nSPS) is 91.3. The zero-order chi connectivity index (χ0) is 13.2. The largest absolute Gasteiger partial charge is 0.392 e. The maximum atomic E-state index is 9.45. The summed E-state index contributed by atoms with van der Waals surface area (Å²) in [6.07, 6.45) is -10.1. The van der Waals surface area contributed by atoms with E-state index in [4.69, 9.17) is 12.3 Å². The van der Waals surface area contributed by atoms with Crippen LogP contribution in [-0.2, 0) is 0 Å². The van der Waals surface area contributed by atoms with E-state index in [1.54, 1.807) is 0 Å². The number of aliphatic hydroxyl groups is 1. The van der Waals surface area contributed by atoms with Gasteiger partial charge < -0.3 is 10.4 Å². The highest BCUT2D eigenvalue weighted by Gasteiger charge is 2.06. The van der Waals surface area contributed by atoms with Gasteiger partial charge in [-0.25, -0.2) is 0 Å². The van der Waals surface area contributed by atoms with Gasteiger partial charge in [-0.15, -0.1) is 0 Å². The van der Waals surface area contributed by atoms with Crippen molar-refractivity contribution in [3.63, 3.8) is 0 Å². The fraction of sp³-hybridized carbons (Fsp3) is 1.00. The van der Waals surface area contributed by atoms with Crippen molar-refractivity contribution in [2.45, 2.75) is 18.8 Å². The third-order valence-electron chi connectivity index (χ3n) is 0.487. The van der Waals surface area contributed by atoms with Gasteiger partial charge >= 0.3 is 0 Å². The molecule has 2 N–H and O–H groups in total. The van der Waals surface area contributed by atoms with E-state index in [9.17, 15) is 5.11 Å². The Labute approximate surface area is 56.2 Å². The molecule has 0 aromatic carbocycles. The van der Waals surface area contributed by atoms with Crippen LogP contribution in [0.15, 0.2) is 0 Å². The predicted molar refractivity (Wildman–Crippen MR) is 28.1 cm³/mol.